The first kappa shape index (κ1) is 14.6. The molecule has 100 valence electrons. The minimum atomic E-state index is -3.68. The summed E-state index contributed by atoms with van der Waals surface area (Å²) in [6, 6.07) is 1.53. The predicted octanol–water partition coefficient (Wildman–Crippen LogP) is 1.77. The van der Waals surface area contributed by atoms with E-state index in [2.05, 4.69) is 0 Å². The van der Waals surface area contributed by atoms with E-state index in [1.807, 2.05) is 0 Å². The fraction of sp³-hybridized carbons (Fsp3) is 0.455. The van der Waals surface area contributed by atoms with Crippen molar-refractivity contribution >= 4 is 15.7 Å². The second kappa shape index (κ2) is 4.66. The van der Waals surface area contributed by atoms with Gasteiger partial charge in [0.25, 0.3) is 5.69 Å². The molecule has 0 radical (unpaired) electrons. The Morgan fingerprint density at radius 3 is 2.06 bits per heavy atom. The van der Waals surface area contributed by atoms with E-state index in [9.17, 15) is 18.5 Å². The molecule has 1 aromatic rings. The van der Waals surface area contributed by atoms with Crippen molar-refractivity contribution in [3.63, 3.8) is 0 Å². The van der Waals surface area contributed by atoms with Crippen LogP contribution >= 0.6 is 0 Å². The summed E-state index contributed by atoms with van der Waals surface area (Å²) in [5.41, 5.74) is 1.03. The Kier molecular flexibility index (Phi) is 3.78. The molecule has 0 unspecified atom stereocenters. The standard InChI is InChI=1S/C11H16N2O4S/c1-7-6-8(2)11(18(16,17)12(4)5)9(3)10(7)13(14)15/h6H,1-5H3. The van der Waals surface area contributed by atoms with E-state index in [1.165, 1.54) is 27.1 Å². The zero-order valence-electron chi connectivity index (χ0n) is 11.0. The van der Waals surface area contributed by atoms with E-state index in [0.717, 1.165) is 4.31 Å². The zero-order valence-corrected chi connectivity index (χ0v) is 11.8. The van der Waals surface area contributed by atoms with E-state index in [0.29, 0.717) is 11.1 Å². The number of hydrogen-bond donors (Lipinski definition) is 0. The lowest BCUT2D eigenvalue weighted by Crippen LogP contribution is -2.24. The van der Waals surface area contributed by atoms with Gasteiger partial charge in [0.15, 0.2) is 0 Å². The Morgan fingerprint density at radius 2 is 1.67 bits per heavy atom. The molecule has 0 aromatic heterocycles. The third kappa shape index (κ3) is 2.23. The van der Waals surface area contributed by atoms with Crippen LogP contribution < -0.4 is 0 Å². The van der Waals surface area contributed by atoms with Gasteiger partial charge in [-0.15, -0.1) is 0 Å². The number of nitro benzene ring substituents is 1. The van der Waals surface area contributed by atoms with Crippen molar-refractivity contribution in [3.8, 4) is 0 Å². The van der Waals surface area contributed by atoms with Crippen LogP contribution in [0.4, 0.5) is 5.69 Å². The Bertz CT molecular complexity index is 606. The van der Waals surface area contributed by atoms with Crippen LogP contribution in [0.3, 0.4) is 0 Å². The fourth-order valence-electron chi connectivity index (χ4n) is 2.02. The van der Waals surface area contributed by atoms with Crippen LogP contribution in [0.1, 0.15) is 16.7 Å². The third-order valence-corrected chi connectivity index (χ3v) is 4.89. The highest BCUT2D eigenvalue weighted by atomic mass is 32.2. The van der Waals surface area contributed by atoms with Crippen molar-refractivity contribution in [3.05, 3.63) is 32.9 Å². The summed E-state index contributed by atoms with van der Waals surface area (Å²) in [5.74, 6) is 0. The summed E-state index contributed by atoms with van der Waals surface area (Å²) in [4.78, 5) is 10.5. The molecule has 0 aliphatic carbocycles. The van der Waals surface area contributed by atoms with E-state index < -0.39 is 14.9 Å². The highest BCUT2D eigenvalue weighted by Gasteiger charge is 2.28. The van der Waals surface area contributed by atoms with Crippen molar-refractivity contribution in [2.45, 2.75) is 25.7 Å². The molecule has 0 saturated heterocycles. The summed E-state index contributed by atoms with van der Waals surface area (Å²) < 4.78 is 25.4. The van der Waals surface area contributed by atoms with Crippen LogP contribution in [0.5, 0.6) is 0 Å². The molecule has 0 spiro atoms. The quantitative estimate of drug-likeness (QED) is 0.620. The molecule has 0 aliphatic rings. The van der Waals surface area contributed by atoms with Gasteiger partial charge in [0.2, 0.25) is 10.0 Å². The van der Waals surface area contributed by atoms with Crippen LogP contribution in [0.25, 0.3) is 0 Å². The molecule has 0 amide bonds. The maximum atomic E-state index is 12.2. The number of benzene rings is 1. The van der Waals surface area contributed by atoms with Crippen LogP contribution in [-0.2, 0) is 10.0 Å². The lowest BCUT2D eigenvalue weighted by molar-refractivity contribution is -0.386. The zero-order chi connectivity index (χ0) is 14.2. The van der Waals surface area contributed by atoms with Gasteiger partial charge in [0, 0.05) is 25.2 Å². The fourth-order valence-corrected chi connectivity index (χ4v) is 3.33. The average molecular weight is 272 g/mol. The number of nitro groups is 1. The largest absolute Gasteiger partial charge is 0.276 e. The predicted molar refractivity (Wildman–Crippen MR) is 68.2 cm³/mol. The van der Waals surface area contributed by atoms with Crippen LogP contribution in [0, 0.1) is 30.9 Å². The molecule has 18 heavy (non-hydrogen) atoms. The summed E-state index contributed by atoms with van der Waals surface area (Å²) >= 11 is 0. The second-order valence-corrected chi connectivity index (χ2v) is 6.45. The smallest absolute Gasteiger partial charge is 0.258 e. The minimum Gasteiger partial charge on any atom is -0.258 e. The van der Waals surface area contributed by atoms with Crippen molar-refractivity contribution in [1.29, 1.82) is 0 Å². The first-order valence-electron chi connectivity index (χ1n) is 5.28. The maximum Gasteiger partial charge on any atom is 0.276 e. The van der Waals surface area contributed by atoms with Crippen LogP contribution in [0.15, 0.2) is 11.0 Å². The molecule has 6 nitrogen and oxygen atoms in total. The molecule has 1 aromatic carbocycles. The van der Waals surface area contributed by atoms with Gasteiger partial charge < -0.3 is 0 Å². The molecular formula is C11H16N2O4S. The second-order valence-electron chi connectivity index (χ2n) is 4.36. The number of hydrogen-bond acceptors (Lipinski definition) is 4. The van der Waals surface area contributed by atoms with E-state index in [4.69, 9.17) is 0 Å². The van der Waals surface area contributed by atoms with Crippen LogP contribution in [-0.4, -0.2) is 31.7 Å². The lowest BCUT2D eigenvalue weighted by atomic mass is 10.1. The molecule has 0 aliphatic heterocycles. The van der Waals surface area contributed by atoms with Crippen molar-refractivity contribution in [2.75, 3.05) is 14.1 Å². The van der Waals surface area contributed by atoms with Crippen molar-refractivity contribution < 1.29 is 13.3 Å². The minimum absolute atomic E-state index is 0.0183. The van der Waals surface area contributed by atoms with E-state index in [1.54, 1.807) is 13.8 Å². The van der Waals surface area contributed by atoms with Gasteiger partial charge in [-0.25, -0.2) is 12.7 Å². The number of nitrogens with zero attached hydrogens (tertiary/aromatic N) is 2. The third-order valence-electron chi connectivity index (χ3n) is 2.78. The SMILES string of the molecule is Cc1cc(C)c(S(=O)(=O)N(C)C)c(C)c1[N+](=O)[O-]. The van der Waals surface area contributed by atoms with Gasteiger partial charge in [-0.1, -0.05) is 0 Å². The molecule has 7 heteroatoms. The number of sulfonamides is 1. The molecule has 0 N–H and O–H groups in total. The Labute approximate surface area is 106 Å². The van der Waals surface area contributed by atoms with E-state index in [-0.39, 0.29) is 16.1 Å². The Hall–Kier alpha value is -1.47. The highest BCUT2D eigenvalue weighted by molar-refractivity contribution is 7.89. The summed E-state index contributed by atoms with van der Waals surface area (Å²) in [7, 11) is -0.877. The maximum absolute atomic E-state index is 12.2. The number of aryl methyl sites for hydroxylation is 2. The molecule has 0 fully saturated rings. The Balaban J connectivity index is 3.78. The van der Waals surface area contributed by atoms with Crippen LogP contribution in [0.2, 0.25) is 0 Å². The van der Waals surface area contributed by atoms with E-state index >= 15 is 0 Å². The van der Waals surface area contributed by atoms with Gasteiger partial charge in [-0.3, -0.25) is 10.1 Å². The average Bonchev–Trinajstić information content (AvgIpc) is 2.14. The molecule has 1 rings (SSSR count). The summed E-state index contributed by atoms with van der Waals surface area (Å²) in [6.07, 6.45) is 0. The highest BCUT2D eigenvalue weighted by Crippen LogP contribution is 2.32. The first-order valence-corrected chi connectivity index (χ1v) is 6.72. The molecule has 0 heterocycles. The van der Waals surface area contributed by atoms with Gasteiger partial charge >= 0.3 is 0 Å². The van der Waals surface area contributed by atoms with Crippen molar-refractivity contribution in [2.24, 2.45) is 0 Å². The summed E-state index contributed by atoms with van der Waals surface area (Å²) in [6.45, 7) is 4.71. The first-order chi connectivity index (χ1) is 8.10. The van der Waals surface area contributed by atoms with Crippen molar-refractivity contribution in [1.82, 2.24) is 4.31 Å². The molecular weight excluding hydrogens is 256 g/mol. The van der Waals surface area contributed by atoms with Gasteiger partial charge in [0.1, 0.15) is 0 Å². The van der Waals surface area contributed by atoms with Gasteiger partial charge in [-0.05, 0) is 32.4 Å². The van der Waals surface area contributed by atoms with Gasteiger partial charge in [-0.2, -0.15) is 0 Å². The normalized spacial score (nSPS) is 11.9. The monoisotopic (exact) mass is 272 g/mol. The lowest BCUT2D eigenvalue weighted by Gasteiger charge is -2.16. The topological polar surface area (TPSA) is 80.5 Å². The summed E-state index contributed by atoms with van der Waals surface area (Å²) in [5, 5.41) is 11.0. The Morgan fingerprint density at radius 1 is 1.17 bits per heavy atom. The molecule has 0 atom stereocenters. The molecule has 0 saturated carbocycles. The van der Waals surface area contributed by atoms with Gasteiger partial charge in [0.05, 0.1) is 9.82 Å². The molecule has 0 bridgehead atoms. The number of rotatable bonds is 3.